The third kappa shape index (κ3) is 3.75. The molecule has 0 bridgehead atoms. The number of amides is 1. The van der Waals surface area contributed by atoms with E-state index in [1.807, 2.05) is 31.2 Å². The number of fused-ring (bicyclic) bond motifs is 1. The lowest BCUT2D eigenvalue weighted by Gasteiger charge is -2.16. The van der Waals surface area contributed by atoms with Gasteiger partial charge in [-0.15, -0.1) is 11.3 Å². The van der Waals surface area contributed by atoms with Gasteiger partial charge in [-0.05, 0) is 56.7 Å². The number of anilines is 1. The third-order valence-electron chi connectivity index (χ3n) is 4.56. The van der Waals surface area contributed by atoms with Crippen molar-refractivity contribution in [3.8, 4) is 5.75 Å². The normalized spacial score (nSPS) is 14.3. The minimum Gasteiger partial charge on any atom is -0.481 e. The largest absolute Gasteiger partial charge is 0.481 e. The number of thiophene rings is 1. The van der Waals surface area contributed by atoms with E-state index in [1.165, 1.54) is 23.3 Å². The van der Waals surface area contributed by atoms with Gasteiger partial charge in [0.1, 0.15) is 10.8 Å². The number of hydrogen-bond donors (Lipinski definition) is 1. The van der Waals surface area contributed by atoms with Crippen LogP contribution in [0.5, 0.6) is 5.75 Å². The maximum Gasteiger partial charge on any atom is 0.341 e. The zero-order valence-electron chi connectivity index (χ0n) is 15.3. The van der Waals surface area contributed by atoms with Crippen molar-refractivity contribution in [2.75, 3.05) is 12.4 Å². The second-order valence-electron chi connectivity index (χ2n) is 6.42. The molecule has 2 aromatic rings. The summed E-state index contributed by atoms with van der Waals surface area (Å²) in [5.41, 5.74) is 2.49. The van der Waals surface area contributed by atoms with Crippen molar-refractivity contribution in [3.05, 3.63) is 45.8 Å². The van der Waals surface area contributed by atoms with E-state index in [9.17, 15) is 9.59 Å². The van der Waals surface area contributed by atoms with Crippen LogP contribution in [-0.4, -0.2) is 25.1 Å². The van der Waals surface area contributed by atoms with Crippen molar-refractivity contribution in [3.63, 3.8) is 0 Å². The highest BCUT2D eigenvalue weighted by Crippen LogP contribution is 2.38. The average Bonchev–Trinajstić information content (AvgIpc) is 3.00. The Kier molecular flexibility index (Phi) is 5.61. The van der Waals surface area contributed by atoms with Crippen LogP contribution in [0.25, 0.3) is 0 Å². The molecule has 1 heterocycles. The summed E-state index contributed by atoms with van der Waals surface area (Å²) in [6, 6.07) is 7.56. The summed E-state index contributed by atoms with van der Waals surface area (Å²) in [5, 5.41) is 3.44. The number of esters is 1. The standard InChI is InChI=1S/C20H23NO4S/c1-12-8-4-6-10-15(12)25-13(2)18(22)21-19-17(20(23)24-3)14-9-5-7-11-16(14)26-19/h4,6,8,10,13H,5,7,9,11H2,1-3H3,(H,21,22)/t13-/m0/s1. The number of rotatable bonds is 5. The van der Waals surface area contributed by atoms with Gasteiger partial charge in [-0.3, -0.25) is 4.79 Å². The van der Waals surface area contributed by atoms with Crippen LogP contribution in [0.2, 0.25) is 0 Å². The Bertz CT molecular complexity index is 827. The lowest BCUT2D eigenvalue weighted by Crippen LogP contribution is -2.30. The molecule has 0 spiro atoms. The van der Waals surface area contributed by atoms with Crippen molar-refractivity contribution in [2.24, 2.45) is 0 Å². The van der Waals surface area contributed by atoms with Crippen molar-refractivity contribution in [2.45, 2.75) is 45.6 Å². The van der Waals surface area contributed by atoms with Crippen LogP contribution in [0.3, 0.4) is 0 Å². The minimum absolute atomic E-state index is 0.281. The molecule has 1 amide bonds. The molecule has 3 rings (SSSR count). The number of hydrogen-bond acceptors (Lipinski definition) is 5. The molecule has 0 radical (unpaired) electrons. The van der Waals surface area contributed by atoms with Crippen LogP contribution in [0.1, 0.15) is 46.1 Å². The molecule has 1 atom stereocenters. The second kappa shape index (κ2) is 7.91. The molecule has 1 aliphatic rings. The average molecular weight is 373 g/mol. The Morgan fingerprint density at radius 2 is 1.92 bits per heavy atom. The molecule has 0 unspecified atom stereocenters. The fraction of sp³-hybridized carbons (Fsp3) is 0.400. The van der Waals surface area contributed by atoms with Gasteiger partial charge >= 0.3 is 5.97 Å². The highest BCUT2D eigenvalue weighted by atomic mass is 32.1. The second-order valence-corrected chi connectivity index (χ2v) is 7.53. The van der Waals surface area contributed by atoms with E-state index in [2.05, 4.69) is 5.32 Å². The van der Waals surface area contributed by atoms with Crippen LogP contribution in [0.4, 0.5) is 5.00 Å². The topological polar surface area (TPSA) is 64.6 Å². The zero-order valence-corrected chi connectivity index (χ0v) is 16.1. The number of para-hydroxylation sites is 1. The van der Waals surface area contributed by atoms with E-state index in [1.54, 1.807) is 6.92 Å². The van der Waals surface area contributed by atoms with E-state index >= 15 is 0 Å². The van der Waals surface area contributed by atoms with Crippen LogP contribution >= 0.6 is 11.3 Å². The van der Waals surface area contributed by atoms with E-state index in [0.717, 1.165) is 36.8 Å². The molecule has 6 heteroatoms. The Labute approximate surface area is 157 Å². The molecular weight excluding hydrogens is 350 g/mol. The lowest BCUT2D eigenvalue weighted by molar-refractivity contribution is -0.122. The van der Waals surface area contributed by atoms with E-state index in [4.69, 9.17) is 9.47 Å². The summed E-state index contributed by atoms with van der Waals surface area (Å²) >= 11 is 1.47. The van der Waals surface area contributed by atoms with Crippen molar-refractivity contribution >= 4 is 28.2 Å². The van der Waals surface area contributed by atoms with E-state index in [-0.39, 0.29) is 5.91 Å². The van der Waals surface area contributed by atoms with E-state index in [0.29, 0.717) is 16.3 Å². The molecule has 0 saturated carbocycles. The molecule has 1 N–H and O–H groups in total. The Morgan fingerprint density at radius 1 is 1.19 bits per heavy atom. The number of ether oxygens (including phenoxy) is 2. The van der Waals surface area contributed by atoms with E-state index < -0.39 is 12.1 Å². The van der Waals surface area contributed by atoms with Crippen LogP contribution in [0.15, 0.2) is 24.3 Å². The van der Waals surface area contributed by atoms with Gasteiger partial charge in [-0.25, -0.2) is 4.79 Å². The minimum atomic E-state index is -0.680. The Balaban J connectivity index is 1.79. The summed E-state index contributed by atoms with van der Waals surface area (Å²) < 4.78 is 10.7. The van der Waals surface area contributed by atoms with Gasteiger partial charge in [-0.2, -0.15) is 0 Å². The molecule has 0 aliphatic heterocycles. The number of methoxy groups -OCH3 is 1. The van der Waals surface area contributed by atoms with Gasteiger partial charge < -0.3 is 14.8 Å². The van der Waals surface area contributed by atoms with Crippen LogP contribution in [-0.2, 0) is 22.4 Å². The summed E-state index contributed by atoms with van der Waals surface area (Å²) in [4.78, 5) is 26.0. The fourth-order valence-corrected chi connectivity index (χ4v) is 4.40. The third-order valence-corrected chi connectivity index (χ3v) is 5.77. The first-order chi connectivity index (χ1) is 12.5. The Morgan fingerprint density at radius 3 is 2.65 bits per heavy atom. The molecule has 138 valence electrons. The van der Waals surface area contributed by atoms with Crippen molar-refractivity contribution in [1.82, 2.24) is 0 Å². The molecule has 0 fully saturated rings. The zero-order chi connectivity index (χ0) is 18.7. The maximum atomic E-state index is 12.6. The van der Waals surface area contributed by atoms with Gasteiger partial charge in [0.2, 0.25) is 0 Å². The van der Waals surface area contributed by atoms with Gasteiger partial charge in [-0.1, -0.05) is 18.2 Å². The Hall–Kier alpha value is -2.34. The molecule has 1 aliphatic carbocycles. The summed E-state index contributed by atoms with van der Waals surface area (Å²) in [6.45, 7) is 3.63. The van der Waals surface area contributed by atoms with Gasteiger partial charge in [0.15, 0.2) is 6.10 Å². The first-order valence-corrected chi connectivity index (χ1v) is 9.59. The number of carbonyl (C=O) groups excluding carboxylic acids is 2. The molecule has 1 aromatic carbocycles. The molecular formula is C20H23NO4S. The summed E-state index contributed by atoms with van der Waals surface area (Å²) in [6.07, 6.45) is 3.26. The predicted molar refractivity (Wildman–Crippen MR) is 102 cm³/mol. The van der Waals surface area contributed by atoms with Crippen LogP contribution < -0.4 is 10.1 Å². The number of nitrogens with one attached hydrogen (secondary N) is 1. The lowest BCUT2D eigenvalue weighted by atomic mass is 9.95. The number of benzene rings is 1. The fourth-order valence-electron chi connectivity index (χ4n) is 3.12. The van der Waals surface area contributed by atoms with Crippen molar-refractivity contribution < 1.29 is 19.1 Å². The highest BCUT2D eigenvalue weighted by Gasteiger charge is 2.28. The molecule has 5 nitrogen and oxygen atoms in total. The molecule has 0 saturated heterocycles. The van der Waals surface area contributed by atoms with Crippen molar-refractivity contribution in [1.29, 1.82) is 0 Å². The molecule has 26 heavy (non-hydrogen) atoms. The first-order valence-electron chi connectivity index (χ1n) is 8.77. The summed E-state index contributed by atoms with van der Waals surface area (Å²) in [5.74, 6) is -0.00186. The number of carbonyl (C=O) groups is 2. The predicted octanol–water partition coefficient (Wildman–Crippen LogP) is 4.13. The maximum absolute atomic E-state index is 12.6. The van der Waals surface area contributed by atoms with Crippen LogP contribution in [0, 0.1) is 6.92 Å². The summed E-state index contributed by atoms with van der Waals surface area (Å²) in [7, 11) is 1.37. The molecule has 1 aromatic heterocycles. The quantitative estimate of drug-likeness (QED) is 0.801. The van der Waals surface area contributed by atoms with Gasteiger partial charge in [0.25, 0.3) is 5.91 Å². The smallest absolute Gasteiger partial charge is 0.341 e. The SMILES string of the molecule is COC(=O)c1c(NC(=O)[C@H](C)Oc2ccccc2C)sc2c1CCCC2. The monoisotopic (exact) mass is 373 g/mol. The number of aryl methyl sites for hydroxylation is 2. The first kappa shape index (κ1) is 18.5. The van der Waals surface area contributed by atoms with Gasteiger partial charge in [0, 0.05) is 4.88 Å². The highest BCUT2D eigenvalue weighted by molar-refractivity contribution is 7.17. The van der Waals surface area contributed by atoms with Gasteiger partial charge in [0.05, 0.1) is 12.7 Å².